The summed E-state index contributed by atoms with van der Waals surface area (Å²) >= 11 is 0. The van der Waals surface area contributed by atoms with Gasteiger partial charge in [-0.25, -0.2) is 4.68 Å². The predicted molar refractivity (Wildman–Crippen MR) is 94.4 cm³/mol. The van der Waals surface area contributed by atoms with Gasteiger partial charge in [0, 0.05) is 11.6 Å². The minimum absolute atomic E-state index is 0.0148. The highest BCUT2D eigenvalue weighted by molar-refractivity contribution is 5.95. The van der Waals surface area contributed by atoms with Gasteiger partial charge >= 0.3 is 0 Å². The van der Waals surface area contributed by atoms with Gasteiger partial charge in [0.2, 0.25) is 0 Å². The number of carbonyl (C=O) groups is 1. The smallest absolute Gasteiger partial charge is 0.251 e. The number of tetrazole rings is 1. The number of fused-ring (bicyclic) bond motifs is 2. The highest BCUT2D eigenvalue weighted by atomic mass is 16.1. The maximum Gasteiger partial charge on any atom is 0.251 e. The van der Waals surface area contributed by atoms with Crippen LogP contribution in [0, 0.1) is 23.7 Å². The topological polar surface area (TPSA) is 72.7 Å². The second-order valence-corrected chi connectivity index (χ2v) is 8.39. The van der Waals surface area contributed by atoms with Crippen molar-refractivity contribution in [3.8, 4) is 5.69 Å². The number of aromatic nitrogens is 4. The Morgan fingerprint density at radius 3 is 2.68 bits per heavy atom. The van der Waals surface area contributed by atoms with Gasteiger partial charge in [0.05, 0.1) is 5.69 Å². The molecule has 1 heterocycles. The van der Waals surface area contributed by atoms with Crippen LogP contribution >= 0.6 is 0 Å². The normalized spacial score (nSPS) is 29.8. The standard InChI is InChI=1S/C19H25N5O/c1-12-9-13(5-6-15(12)24-11-20-22-23-24)17(25)21-16-10-14-7-8-19(16,4)18(14,2)3/h5-6,9,11,14,16H,7-8,10H2,1-4H3,(H,21,25)/t14-,16-,19-/m1/s1. The van der Waals surface area contributed by atoms with E-state index >= 15 is 0 Å². The second kappa shape index (κ2) is 5.38. The number of aryl methyl sites for hydroxylation is 1. The van der Waals surface area contributed by atoms with Gasteiger partial charge in [-0.3, -0.25) is 4.79 Å². The molecule has 1 aromatic heterocycles. The van der Waals surface area contributed by atoms with E-state index in [1.54, 1.807) is 11.0 Å². The number of nitrogens with one attached hydrogen (secondary N) is 1. The monoisotopic (exact) mass is 339 g/mol. The molecule has 2 aromatic rings. The van der Waals surface area contributed by atoms with Crippen LogP contribution in [0.15, 0.2) is 24.5 Å². The number of nitrogens with zero attached hydrogens (tertiary/aromatic N) is 4. The molecule has 1 aromatic carbocycles. The fourth-order valence-electron chi connectivity index (χ4n) is 4.99. The van der Waals surface area contributed by atoms with E-state index in [1.165, 1.54) is 12.8 Å². The summed E-state index contributed by atoms with van der Waals surface area (Å²) in [6, 6.07) is 5.91. The molecule has 6 nitrogen and oxygen atoms in total. The number of hydrogen-bond acceptors (Lipinski definition) is 4. The van der Waals surface area contributed by atoms with E-state index in [4.69, 9.17) is 0 Å². The molecule has 2 aliphatic carbocycles. The van der Waals surface area contributed by atoms with Crippen molar-refractivity contribution in [1.29, 1.82) is 0 Å². The molecule has 6 heteroatoms. The number of benzene rings is 1. The van der Waals surface area contributed by atoms with Crippen LogP contribution in [-0.2, 0) is 0 Å². The largest absolute Gasteiger partial charge is 0.349 e. The van der Waals surface area contributed by atoms with Crippen LogP contribution in [0.1, 0.15) is 56.0 Å². The van der Waals surface area contributed by atoms with Gasteiger partial charge in [-0.15, -0.1) is 5.10 Å². The molecular formula is C19H25N5O. The third-order valence-electron chi connectivity index (χ3n) is 7.15. The number of carbonyl (C=O) groups excluding carboxylic acids is 1. The summed E-state index contributed by atoms with van der Waals surface area (Å²) in [5.41, 5.74) is 3.03. The Hall–Kier alpha value is -2.24. The van der Waals surface area contributed by atoms with Crippen molar-refractivity contribution in [3.63, 3.8) is 0 Å². The van der Waals surface area contributed by atoms with Crippen LogP contribution in [-0.4, -0.2) is 32.2 Å². The zero-order valence-corrected chi connectivity index (χ0v) is 15.3. The summed E-state index contributed by atoms with van der Waals surface area (Å²) in [5, 5.41) is 14.6. The Morgan fingerprint density at radius 2 is 2.12 bits per heavy atom. The van der Waals surface area contributed by atoms with Crippen molar-refractivity contribution in [2.24, 2.45) is 16.7 Å². The summed E-state index contributed by atoms with van der Waals surface area (Å²) in [6.45, 7) is 9.04. The van der Waals surface area contributed by atoms with E-state index in [-0.39, 0.29) is 17.4 Å². The zero-order valence-electron chi connectivity index (χ0n) is 15.3. The van der Waals surface area contributed by atoms with Crippen LogP contribution in [0.4, 0.5) is 0 Å². The molecule has 1 N–H and O–H groups in total. The summed E-state index contributed by atoms with van der Waals surface area (Å²) in [5.74, 6) is 0.729. The molecule has 25 heavy (non-hydrogen) atoms. The molecule has 2 aliphatic rings. The van der Waals surface area contributed by atoms with Gasteiger partial charge in [-0.05, 0) is 77.1 Å². The second-order valence-electron chi connectivity index (χ2n) is 8.39. The minimum atomic E-state index is 0.0148. The summed E-state index contributed by atoms with van der Waals surface area (Å²) in [7, 11) is 0. The van der Waals surface area contributed by atoms with Gasteiger partial charge in [-0.2, -0.15) is 0 Å². The van der Waals surface area contributed by atoms with E-state index in [2.05, 4.69) is 41.6 Å². The van der Waals surface area contributed by atoms with Crippen LogP contribution in [0.3, 0.4) is 0 Å². The lowest BCUT2D eigenvalue weighted by molar-refractivity contribution is 0.0826. The summed E-state index contributed by atoms with van der Waals surface area (Å²) in [6.07, 6.45) is 5.14. The quantitative estimate of drug-likeness (QED) is 0.933. The first-order valence-corrected chi connectivity index (χ1v) is 8.98. The average molecular weight is 339 g/mol. The maximum atomic E-state index is 12.8. The SMILES string of the molecule is Cc1cc(C(=O)N[C@@H]2C[C@H]3CC[C@@]2(C)C3(C)C)ccc1-n1cnnn1. The number of amides is 1. The Kier molecular flexibility index (Phi) is 3.49. The molecule has 4 rings (SSSR count). The van der Waals surface area contributed by atoms with Crippen molar-refractivity contribution in [3.05, 3.63) is 35.7 Å². The summed E-state index contributed by atoms with van der Waals surface area (Å²) < 4.78 is 1.61. The Bertz CT molecular complexity index is 813. The molecule has 0 spiro atoms. The predicted octanol–water partition coefficient (Wildman–Crippen LogP) is 2.92. The highest BCUT2D eigenvalue weighted by Gasteiger charge is 2.61. The lowest BCUT2D eigenvalue weighted by atomic mass is 9.69. The Labute approximate surface area is 148 Å². The van der Waals surface area contributed by atoms with Gasteiger partial charge in [-0.1, -0.05) is 20.8 Å². The first-order valence-electron chi connectivity index (χ1n) is 8.98. The van der Waals surface area contributed by atoms with Gasteiger partial charge in [0.25, 0.3) is 5.91 Å². The number of hydrogen-bond donors (Lipinski definition) is 1. The van der Waals surface area contributed by atoms with Crippen molar-refractivity contribution < 1.29 is 4.79 Å². The minimum Gasteiger partial charge on any atom is -0.349 e. The van der Waals surface area contributed by atoms with E-state index in [0.29, 0.717) is 16.9 Å². The van der Waals surface area contributed by atoms with Crippen LogP contribution in [0.2, 0.25) is 0 Å². The van der Waals surface area contributed by atoms with E-state index < -0.39 is 0 Å². The first-order chi connectivity index (χ1) is 11.8. The first kappa shape index (κ1) is 16.2. The molecule has 0 aliphatic heterocycles. The average Bonchev–Trinajstić information content (AvgIpc) is 3.21. The molecular weight excluding hydrogens is 314 g/mol. The maximum absolute atomic E-state index is 12.8. The van der Waals surface area contributed by atoms with Crippen molar-refractivity contribution in [2.75, 3.05) is 0 Å². The summed E-state index contributed by atoms with van der Waals surface area (Å²) in [4.78, 5) is 12.8. The molecule has 1 amide bonds. The Morgan fingerprint density at radius 1 is 1.32 bits per heavy atom. The third-order valence-corrected chi connectivity index (χ3v) is 7.15. The highest BCUT2D eigenvalue weighted by Crippen LogP contribution is 2.65. The van der Waals surface area contributed by atoms with Crippen molar-refractivity contribution in [1.82, 2.24) is 25.5 Å². The van der Waals surface area contributed by atoms with Gasteiger partial charge in [0.15, 0.2) is 0 Å². The number of rotatable bonds is 3. The molecule has 3 atom stereocenters. The fraction of sp³-hybridized carbons (Fsp3) is 0.579. The molecule has 0 saturated heterocycles. The van der Waals surface area contributed by atoms with Crippen LogP contribution < -0.4 is 5.32 Å². The molecule has 132 valence electrons. The lowest BCUT2D eigenvalue weighted by Gasteiger charge is -2.39. The Balaban J connectivity index is 1.54. The van der Waals surface area contributed by atoms with Crippen LogP contribution in [0.5, 0.6) is 0 Å². The van der Waals surface area contributed by atoms with E-state index in [1.807, 2.05) is 25.1 Å². The van der Waals surface area contributed by atoms with Gasteiger partial charge in [0.1, 0.15) is 6.33 Å². The molecule has 2 bridgehead atoms. The molecule has 0 unspecified atom stereocenters. The van der Waals surface area contributed by atoms with Gasteiger partial charge < -0.3 is 5.32 Å². The van der Waals surface area contributed by atoms with E-state index in [9.17, 15) is 4.79 Å². The third kappa shape index (κ3) is 2.30. The molecule has 0 radical (unpaired) electrons. The zero-order chi connectivity index (χ0) is 17.8. The molecule has 2 fully saturated rings. The molecule has 2 saturated carbocycles. The fourth-order valence-corrected chi connectivity index (χ4v) is 4.99. The van der Waals surface area contributed by atoms with Crippen molar-refractivity contribution in [2.45, 2.75) is 53.0 Å². The lowest BCUT2D eigenvalue weighted by Crippen LogP contribution is -2.46. The van der Waals surface area contributed by atoms with Crippen LogP contribution in [0.25, 0.3) is 5.69 Å². The van der Waals surface area contributed by atoms with Crippen molar-refractivity contribution >= 4 is 5.91 Å². The van der Waals surface area contributed by atoms with E-state index in [0.717, 1.165) is 17.7 Å².